The van der Waals surface area contributed by atoms with Crippen LogP contribution in [0.1, 0.15) is 43.9 Å². The van der Waals surface area contributed by atoms with Crippen molar-refractivity contribution in [3.8, 4) is 11.6 Å². The molecule has 0 radical (unpaired) electrons. The zero-order valence-corrected chi connectivity index (χ0v) is 12.6. The topological polar surface area (TPSA) is 34.2 Å². The van der Waals surface area contributed by atoms with E-state index >= 15 is 0 Å². The van der Waals surface area contributed by atoms with Crippen LogP contribution in [-0.2, 0) is 0 Å². The van der Waals surface area contributed by atoms with E-state index in [9.17, 15) is 0 Å². The van der Waals surface area contributed by atoms with Gasteiger partial charge >= 0.3 is 0 Å². The third-order valence-electron chi connectivity index (χ3n) is 3.44. The maximum atomic E-state index is 5.87. The van der Waals surface area contributed by atoms with Crippen LogP contribution in [0.5, 0.6) is 11.6 Å². The predicted molar refractivity (Wildman–Crippen MR) is 82.3 cm³/mol. The van der Waals surface area contributed by atoms with Gasteiger partial charge in [-0.2, -0.15) is 0 Å². The number of rotatable bonds is 5. The van der Waals surface area contributed by atoms with Crippen LogP contribution < -0.4 is 10.1 Å². The standard InChI is InChI=1S/C17H22N2O/c1-12(2)14-6-5-7-16(10-14)20-17-11-15(8-9-19-17)13(3)18-4/h5-13,18H,1-4H3. The normalized spacial score (nSPS) is 12.4. The maximum absolute atomic E-state index is 5.87. The predicted octanol–water partition coefficient (Wildman–Crippen LogP) is 4.28. The number of pyridine rings is 1. The number of nitrogens with zero attached hydrogens (tertiary/aromatic N) is 1. The highest BCUT2D eigenvalue weighted by molar-refractivity contribution is 5.34. The van der Waals surface area contributed by atoms with Gasteiger partial charge in [0.25, 0.3) is 0 Å². The molecule has 0 saturated carbocycles. The highest BCUT2D eigenvalue weighted by Gasteiger charge is 2.06. The lowest BCUT2D eigenvalue weighted by Crippen LogP contribution is -2.12. The van der Waals surface area contributed by atoms with E-state index in [1.165, 1.54) is 5.56 Å². The molecule has 3 nitrogen and oxygen atoms in total. The Labute approximate surface area is 121 Å². The molecule has 0 saturated heterocycles. The first kappa shape index (κ1) is 14.5. The number of hydrogen-bond donors (Lipinski definition) is 1. The fourth-order valence-electron chi connectivity index (χ4n) is 1.97. The van der Waals surface area contributed by atoms with Crippen molar-refractivity contribution in [1.82, 2.24) is 10.3 Å². The summed E-state index contributed by atoms with van der Waals surface area (Å²) in [5.41, 5.74) is 2.43. The lowest BCUT2D eigenvalue weighted by Gasteiger charge is -2.12. The summed E-state index contributed by atoms with van der Waals surface area (Å²) in [5.74, 6) is 1.95. The summed E-state index contributed by atoms with van der Waals surface area (Å²) in [5, 5.41) is 3.21. The van der Waals surface area contributed by atoms with Gasteiger partial charge in [-0.15, -0.1) is 0 Å². The van der Waals surface area contributed by atoms with Crippen LogP contribution in [0, 0.1) is 0 Å². The minimum Gasteiger partial charge on any atom is -0.439 e. The molecule has 3 heteroatoms. The van der Waals surface area contributed by atoms with E-state index in [1.807, 2.05) is 31.3 Å². The van der Waals surface area contributed by atoms with E-state index in [0.29, 0.717) is 11.8 Å². The molecular weight excluding hydrogens is 248 g/mol. The average Bonchev–Trinajstić information content (AvgIpc) is 2.47. The third-order valence-corrected chi connectivity index (χ3v) is 3.44. The largest absolute Gasteiger partial charge is 0.439 e. The number of ether oxygens (including phenoxy) is 1. The smallest absolute Gasteiger partial charge is 0.219 e. The van der Waals surface area contributed by atoms with Gasteiger partial charge in [-0.25, -0.2) is 4.98 Å². The van der Waals surface area contributed by atoms with Crippen molar-refractivity contribution in [3.63, 3.8) is 0 Å². The summed E-state index contributed by atoms with van der Waals surface area (Å²) in [6.45, 7) is 6.46. The molecule has 106 valence electrons. The fraction of sp³-hybridized carbons (Fsp3) is 0.353. The van der Waals surface area contributed by atoms with Gasteiger partial charge < -0.3 is 10.1 Å². The summed E-state index contributed by atoms with van der Waals surface area (Å²) in [6, 6.07) is 12.4. The van der Waals surface area contributed by atoms with Crippen LogP contribution in [0.3, 0.4) is 0 Å². The number of aromatic nitrogens is 1. The Bertz CT molecular complexity index is 566. The van der Waals surface area contributed by atoms with Crippen molar-refractivity contribution in [2.24, 2.45) is 0 Å². The summed E-state index contributed by atoms with van der Waals surface area (Å²) in [6.07, 6.45) is 1.78. The van der Waals surface area contributed by atoms with Crippen molar-refractivity contribution in [3.05, 3.63) is 53.7 Å². The minimum absolute atomic E-state index is 0.280. The summed E-state index contributed by atoms with van der Waals surface area (Å²) < 4.78 is 5.87. The number of benzene rings is 1. The Kier molecular flexibility index (Phi) is 4.74. The molecule has 0 amide bonds. The third kappa shape index (κ3) is 3.58. The highest BCUT2D eigenvalue weighted by Crippen LogP contribution is 2.25. The number of hydrogen-bond acceptors (Lipinski definition) is 3. The molecule has 0 aliphatic heterocycles. The van der Waals surface area contributed by atoms with Crippen LogP contribution in [-0.4, -0.2) is 12.0 Å². The second-order valence-corrected chi connectivity index (χ2v) is 5.27. The Balaban J connectivity index is 2.19. The summed E-state index contributed by atoms with van der Waals surface area (Å²) >= 11 is 0. The molecule has 0 aliphatic rings. The lowest BCUT2D eigenvalue weighted by molar-refractivity contribution is 0.460. The van der Waals surface area contributed by atoms with E-state index in [0.717, 1.165) is 11.3 Å². The molecule has 1 atom stereocenters. The van der Waals surface area contributed by atoms with Crippen LogP contribution in [0.4, 0.5) is 0 Å². The van der Waals surface area contributed by atoms with Gasteiger partial charge in [-0.3, -0.25) is 0 Å². The van der Waals surface area contributed by atoms with Crippen molar-refractivity contribution < 1.29 is 4.74 Å². The van der Waals surface area contributed by atoms with Crippen LogP contribution in [0.15, 0.2) is 42.6 Å². The lowest BCUT2D eigenvalue weighted by atomic mass is 10.0. The Morgan fingerprint density at radius 3 is 2.55 bits per heavy atom. The highest BCUT2D eigenvalue weighted by atomic mass is 16.5. The molecule has 0 spiro atoms. The van der Waals surface area contributed by atoms with E-state index in [2.05, 4.69) is 43.2 Å². The molecule has 1 aromatic carbocycles. The maximum Gasteiger partial charge on any atom is 0.219 e. The molecule has 2 rings (SSSR count). The van der Waals surface area contributed by atoms with E-state index in [4.69, 9.17) is 4.74 Å². The van der Waals surface area contributed by atoms with Gasteiger partial charge in [-0.1, -0.05) is 26.0 Å². The SMILES string of the molecule is CNC(C)c1ccnc(Oc2cccc(C(C)C)c2)c1. The summed E-state index contributed by atoms with van der Waals surface area (Å²) in [7, 11) is 1.94. The van der Waals surface area contributed by atoms with Gasteiger partial charge in [0.05, 0.1) is 0 Å². The molecular formula is C17H22N2O. The molecule has 1 N–H and O–H groups in total. The molecule has 0 fully saturated rings. The zero-order valence-electron chi connectivity index (χ0n) is 12.6. The first-order valence-electron chi connectivity index (χ1n) is 7.01. The molecule has 2 aromatic rings. The Hall–Kier alpha value is -1.87. The van der Waals surface area contributed by atoms with Crippen molar-refractivity contribution >= 4 is 0 Å². The quantitative estimate of drug-likeness (QED) is 0.880. The van der Waals surface area contributed by atoms with Gasteiger partial charge in [0.15, 0.2) is 0 Å². The monoisotopic (exact) mass is 270 g/mol. The van der Waals surface area contributed by atoms with E-state index in [-0.39, 0.29) is 6.04 Å². The Morgan fingerprint density at radius 1 is 1.05 bits per heavy atom. The van der Waals surface area contributed by atoms with Crippen molar-refractivity contribution in [2.45, 2.75) is 32.7 Å². The summed E-state index contributed by atoms with van der Waals surface area (Å²) in [4.78, 5) is 4.28. The van der Waals surface area contributed by atoms with E-state index < -0.39 is 0 Å². The zero-order chi connectivity index (χ0) is 14.5. The Morgan fingerprint density at radius 2 is 1.85 bits per heavy atom. The van der Waals surface area contributed by atoms with Gasteiger partial charge in [0, 0.05) is 18.3 Å². The van der Waals surface area contributed by atoms with Gasteiger partial charge in [0.1, 0.15) is 5.75 Å². The fourth-order valence-corrected chi connectivity index (χ4v) is 1.97. The number of nitrogens with one attached hydrogen (secondary N) is 1. The molecule has 0 aliphatic carbocycles. The second kappa shape index (κ2) is 6.53. The second-order valence-electron chi connectivity index (χ2n) is 5.27. The van der Waals surface area contributed by atoms with Gasteiger partial charge in [-0.05, 0) is 49.2 Å². The van der Waals surface area contributed by atoms with Crippen LogP contribution >= 0.6 is 0 Å². The van der Waals surface area contributed by atoms with Crippen molar-refractivity contribution in [2.75, 3.05) is 7.05 Å². The first-order chi connectivity index (χ1) is 9.60. The minimum atomic E-state index is 0.280. The van der Waals surface area contributed by atoms with Crippen molar-refractivity contribution in [1.29, 1.82) is 0 Å². The first-order valence-corrected chi connectivity index (χ1v) is 7.01. The molecule has 1 unspecified atom stereocenters. The van der Waals surface area contributed by atoms with Crippen LogP contribution in [0.2, 0.25) is 0 Å². The average molecular weight is 270 g/mol. The van der Waals surface area contributed by atoms with Crippen LogP contribution in [0.25, 0.3) is 0 Å². The van der Waals surface area contributed by atoms with Gasteiger partial charge in [0.2, 0.25) is 5.88 Å². The molecule has 20 heavy (non-hydrogen) atoms. The molecule has 0 bridgehead atoms. The molecule has 1 heterocycles. The molecule has 1 aromatic heterocycles. The van der Waals surface area contributed by atoms with E-state index in [1.54, 1.807) is 6.20 Å².